The van der Waals surface area contributed by atoms with E-state index in [1.807, 2.05) is 6.92 Å². The molecule has 0 aliphatic heterocycles. The van der Waals surface area contributed by atoms with Crippen LogP contribution in [-0.4, -0.2) is 25.1 Å². The lowest BCUT2D eigenvalue weighted by molar-refractivity contribution is -0.384. The summed E-state index contributed by atoms with van der Waals surface area (Å²) in [5, 5.41) is 30.4. The minimum atomic E-state index is -0.458. The molecule has 3 N–H and O–H groups in total. The minimum absolute atomic E-state index is 0.0378. The fourth-order valence-electron chi connectivity index (χ4n) is 2.70. The van der Waals surface area contributed by atoms with E-state index in [-0.39, 0.29) is 17.2 Å². The van der Waals surface area contributed by atoms with Crippen molar-refractivity contribution in [3.05, 3.63) is 77.0 Å². The van der Waals surface area contributed by atoms with Crippen molar-refractivity contribution in [2.45, 2.75) is 6.92 Å². The van der Waals surface area contributed by atoms with Crippen molar-refractivity contribution in [3.8, 4) is 34.1 Å². The van der Waals surface area contributed by atoms with Crippen molar-refractivity contribution >= 4 is 11.3 Å². The Balaban J connectivity index is 2.23. The second kappa shape index (κ2) is 6.80. The van der Waals surface area contributed by atoms with Crippen LogP contribution < -0.4 is 0 Å². The fraction of sp³-hybridized carbons (Fsp3) is 0.0500. The van der Waals surface area contributed by atoms with E-state index in [1.165, 1.54) is 24.3 Å². The molecule has 0 amide bonds. The largest absolute Gasteiger partial charge is 0.504 e. The van der Waals surface area contributed by atoms with Gasteiger partial charge in [-0.25, -0.2) is 4.98 Å². The quantitative estimate of drug-likeness (QED) is 0.266. The normalized spacial score (nSPS) is 10.6. The summed E-state index contributed by atoms with van der Waals surface area (Å²) in [6, 6.07) is 8.91. The third kappa shape index (κ3) is 3.30. The van der Waals surface area contributed by atoms with Crippen molar-refractivity contribution in [1.29, 1.82) is 0 Å². The number of H-pyrrole nitrogens is 1. The summed E-state index contributed by atoms with van der Waals surface area (Å²) in [7, 11) is 0. The van der Waals surface area contributed by atoms with Crippen molar-refractivity contribution in [2.75, 3.05) is 0 Å². The van der Waals surface area contributed by atoms with Gasteiger partial charge in [0.15, 0.2) is 11.5 Å². The van der Waals surface area contributed by atoms with Gasteiger partial charge in [0.25, 0.3) is 5.69 Å². The van der Waals surface area contributed by atoms with Gasteiger partial charge < -0.3 is 15.2 Å². The summed E-state index contributed by atoms with van der Waals surface area (Å²) in [4.78, 5) is 18.4. The Morgan fingerprint density at radius 1 is 1.22 bits per heavy atom. The highest BCUT2D eigenvalue weighted by atomic mass is 16.6. The number of nitrogens with one attached hydrogen (secondary N) is 1. The second-order valence-electron chi connectivity index (χ2n) is 6.00. The van der Waals surface area contributed by atoms with E-state index in [1.54, 1.807) is 18.2 Å². The first-order valence-corrected chi connectivity index (χ1v) is 8.01. The molecule has 0 aliphatic carbocycles. The average Bonchev–Trinajstić information content (AvgIpc) is 3.08. The van der Waals surface area contributed by atoms with Gasteiger partial charge in [-0.3, -0.25) is 10.1 Å². The number of allylic oxidation sites excluding steroid dienone is 2. The van der Waals surface area contributed by atoms with Gasteiger partial charge in [-0.05, 0) is 36.3 Å². The average molecular weight is 363 g/mol. The minimum Gasteiger partial charge on any atom is -0.504 e. The summed E-state index contributed by atoms with van der Waals surface area (Å²) < 4.78 is 0. The third-order valence-corrected chi connectivity index (χ3v) is 4.20. The maximum Gasteiger partial charge on any atom is 0.270 e. The number of nitro benzene ring substituents is 1. The van der Waals surface area contributed by atoms with Crippen molar-refractivity contribution in [2.24, 2.45) is 0 Å². The number of nitrogens with zero attached hydrogens (tertiary/aromatic N) is 2. The van der Waals surface area contributed by atoms with Crippen LogP contribution in [0.15, 0.2) is 55.6 Å². The predicted molar refractivity (Wildman–Crippen MR) is 103 cm³/mol. The first-order chi connectivity index (χ1) is 12.8. The van der Waals surface area contributed by atoms with Gasteiger partial charge in [0.2, 0.25) is 0 Å². The first-order valence-electron chi connectivity index (χ1n) is 8.01. The lowest BCUT2D eigenvalue weighted by atomic mass is 10.0. The van der Waals surface area contributed by atoms with E-state index >= 15 is 0 Å². The summed E-state index contributed by atoms with van der Waals surface area (Å²) in [6.45, 7) is 9.48. The van der Waals surface area contributed by atoms with Crippen LogP contribution in [0.4, 0.5) is 5.69 Å². The molecule has 0 bridgehead atoms. The number of nitro groups is 1. The number of aromatic hydroxyl groups is 2. The molecule has 0 atom stereocenters. The van der Waals surface area contributed by atoms with Crippen molar-refractivity contribution in [1.82, 2.24) is 9.97 Å². The van der Waals surface area contributed by atoms with Crippen LogP contribution in [0, 0.1) is 17.0 Å². The Hall–Kier alpha value is -3.87. The lowest BCUT2D eigenvalue weighted by Crippen LogP contribution is -1.93. The maximum absolute atomic E-state index is 11.2. The monoisotopic (exact) mass is 363 g/mol. The maximum atomic E-state index is 11.2. The van der Waals surface area contributed by atoms with Gasteiger partial charge in [0.1, 0.15) is 5.82 Å². The molecule has 0 unspecified atom stereocenters. The number of aromatic amines is 1. The highest BCUT2D eigenvalue weighted by molar-refractivity contribution is 5.84. The van der Waals surface area contributed by atoms with E-state index in [0.717, 1.165) is 5.56 Å². The Kier molecular flexibility index (Phi) is 4.51. The Bertz CT molecular complexity index is 1080. The standard InChI is InChI=1S/C20H17N3O4/c1-4-11(2)18-19(15-10-14(23(26)27)7-5-12(15)3)22-20(21-18)13-6-8-16(24)17(25)9-13/h4-10,24-25H,1-2H2,3H3,(H,21,22). The van der Waals surface area contributed by atoms with Crippen LogP contribution in [0.1, 0.15) is 11.3 Å². The molecule has 0 saturated heterocycles. The number of hydrogen-bond donors (Lipinski definition) is 3. The molecule has 1 heterocycles. The number of aryl methyl sites for hydroxylation is 1. The van der Waals surface area contributed by atoms with Crippen LogP contribution >= 0.6 is 0 Å². The number of benzene rings is 2. The zero-order valence-corrected chi connectivity index (χ0v) is 14.6. The smallest absolute Gasteiger partial charge is 0.270 e. The number of phenols is 2. The molecule has 7 heteroatoms. The molecule has 136 valence electrons. The Morgan fingerprint density at radius 2 is 1.96 bits per heavy atom. The zero-order chi connectivity index (χ0) is 19.7. The van der Waals surface area contributed by atoms with Gasteiger partial charge in [0, 0.05) is 23.3 Å². The Morgan fingerprint density at radius 3 is 2.59 bits per heavy atom. The van der Waals surface area contributed by atoms with Crippen LogP contribution in [0.3, 0.4) is 0 Å². The molecule has 1 aromatic heterocycles. The highest BCUT2D eigenvalue weighted by Gasteiger charge is 2.19. The van der Waals surface area contributed by atoms with Crippen LogP contribution in [0.25, 0.3) is 28.2 Å². The molecule has 7 nitrogen and oxygen atoms in total. The van der Waals surface area contributed by atoms with Gasteiger partial charge in [-0.15, -0.1) is 0 Å². The van der Waals surface area contributed by atoms with Crippen LogP contribution in [0.5, 0.6) is 11.5 Å². The van der Waals surface area contributed by atoms with Gasteiger partial charge in [0.05, 0.1) is 16.3 Å². The molecule has 2 aromatic carbocycles. The number of phenolic OH excluding ortho intramolecular Hbond substituents is 2. The van der Waals surface area contributed by atoms with Crippen molar-refractivity contribution in [3.63, 3.8) is 0 Å². The molecule has 3 aromatic rings. The molecule has 3 rings (SSSR count). The molecule has 0 aliphatic rings. The summed E-state index contributed by atoms with van der Waals surface area (Å²) in [5.41, 5.74) is 3.54. The third-order valence-electron chi connectivity index (χ3n) is 4.20. The summed E-state index contributed by atoms with van der Waals surface area (Å²) >= 11 is 0. The number of imidazole rings is 1. The summed E-state index contributed by atoms with van der Waals surface area (Å²) in [6.07, 6.45) is 1.55. The molecule has 0 spiro atoms. The second-order valence-corrected chi connectivity index (χ2v) is 6.00. The molecule has 27 heavy (non-hydrogen) atoms. The van der Waals surface area contributed by atoms with Crippen molar-refractivity contribution < 1.29 is 15.1 Å². The van der Waals surface area contributed by atoms with Gasteiger partial charge in [-0.2, -0.15) is 0 Å². The fourth-order valence-corrected chi connectivity index (χ4v) is 2.70. The predicted octanol–water partition coefficient (Wildman–Crippen LogP) is 4.57. The zero-order valence-electron chi connectivity index (χ0n) is 14.6. The van der Waals surface area contributed by atoms with Gasteiger partial charge in [-0.1, -0.05) is 25.3 Å². The molecular weight excluding hydrogens is 346 g/mol. The number of rotatable bonds is 5. The summed E-state index contributed by atoms with van der Waals surface area (Å²) in [5.74, 6) is -0.0962. The van der Waals surface area contributed by atoms with E-state index < -0.39 is 4.92 Å². The molecular formula is C20H17N3O4. The molecule has 0 radical (unpaired) electrons. The van der Waals surface area contributed by atoms with E-state index in [9.17, 15) is 20.3 Å². The SMILES string of the molecule is C=CC(=C)c1nc(-c2ccc(O)c(O)c2)[nH]c1-c1cc([N+](=O)[O-])ccc1C. The number of aromatic nitrogens is 2. The van der Waals surface area contributed by atoms with E-state index in [0.29, 0.717) is 33.9 Å². The van der Waals surface area contributed by atoms with Gasteiger partial charge >= 0.3 is 0 Å². The topological polar surface area (TPSA) is 112 Å². The molecule has 0 saturated carbocycles. The Labute approximate surface area is 155 Å². The van der Waals surface area contributed by atoms with E-state index in [2.05, 4.69) is 23.1 Å². The van der Waals surface area contributed by atoms with E-state index in [4.69, 9.17) is 0 Å². The van der Waals surface area contributed by atoms with Crippen LogP contribution in [-0.2, 0) is 0 Å². The molecule has 0 fully saturated rings. The lowest BCUT2D eigenvalue weighted by Gasteiger charge is -2.06. The highest BCUT2D eigenvalue weighted by Crippen LogP contribution is 2.35. The number of non-ortho nitro benzene ring substituents is 1. The van der Waals surface area contributed by atoms with Crippen LogP contribution in [0.2, 0.25) is 0 Å². The number of hydrogen-bond acceptors (Lipinski definition) is 5. The first kappa shape index (κ1) is 17.9.